The Morgan fingerprint density at radius 3 is 1.89 bits per heavy atom. The Morgan fingerprint density at radius 1 is 0.800 bits per heavy atom. The van der Waals surface area contributed by atoms with Crippen molar-refractivity contribution in [3.8, 4) is 11.5 Å². The van der Waals surface area contributed by atoms with Gasteiger partial charge in [-0.1, -0.05) is 48.0 Å². The molecule has 0 atom stereocenters. The summed E-state index contributed by atoms with van der Waals surface area (Å²) < 4.78 is 13.1. The lowest BCUT2D eigenvalue weighted by Crippen LogP contribution is -2.39. The third-order valence-corrected chi connectivity index (χ3v) is 5.71. The topological polar surface area (TPSA) is 74.8 Å². The van der Waals surface area contributed by atoms with Crippen LogP contribution in [0.5, 0.6) is 11.5 Å². The lowest BCUT2D eigenvalue weighted by molar-refractivity contribution is 0.414. The van der Waals surface area contributed by atoms with Crippen LogP contribution < -0.4 is 20.7 Å². The maximum atomic E-state index is 13.3. The number of hydrogen-bond donors (Lipinski definition) is 0. The van der Waals surface area contributed by atoms with Gasteiger partial charge >= 0.3 is 5.69 Å². The van der Waals surface area contributed by atoms with Crippen LogP contribution in [-0.4, -0.2) is 29.6 Å². The molecule has 0 saturated heterocycles. The Hall–Kier alpha value is -4.10. The van der Waals surface area contributed by atoms with Crippen LogP contribution in [0.3, 0.4) is 0 Å². The summed E-state index contributed by atoms with van der Waals surface area (Å²) in [4.78, 5) is 31.0. The number of hydrogen-bond acceptors (Lipinski definition) is 5. The predicted molar refractivity (Wildman–Crippen MR) is 138 cm³/mol. The molecule has 35 heavy (non-hydrogen) atoms. The molecule has 1 aromatic heterocycles. The minimum atomic E-state index is -0.470. The second-order valence-electron chi connectivity index (χ2n) is 7.82. The van der Waals surface area contributed by atoms with Gasteiger partial charge in [0.25, 0.3) is 5.56 Å². The number of methoxy groups -OCH3 is 2. The summed E-state index contributed by atoms with van der Waals surface area (Å²) in [6.07, 6.45) is 3.07. The fraction of sp³-hybridized carbons (Fsp3) is 0.148. The SMILES string of the molecule is COc1ccc(Cn2cc(N=Cc3ccc(Cl)cc3)c(=O)n(Cc3ccc(OC)cc3)c2=O)cc1. The van der Waals surface area contributed by atoms with Gasteiger partial charge in [-0.25, -0.2) is 9.79 Å². The van der Waals surface area contributed by atoms with E-state index < -0.39 is 11.2 Å². The maximum absolute atomic E-state index is 13.3. The molecule has 0 radical (unpaired) electrons. The fourth-order valence-corrected chi connectivity index (χ4v) is 3.64. The van der Waals surface area contributed by atoms with Crippen molar-refractivity contribution >= 4 is 23.5 Å². The molecule has 0 unspecified atom stereocenters. The van der Waals surface area contributed by atoms with Crippen molar-refractivity contribution in [1.29, 1.82) is 0 Å². The highest BCUT2D eigenvalue weighted by Crippen LogP contribution is 2.15. The van der Waals surface area contributed by atoms with Gasteiger partial charge in [0, 0.05) is 17.4 Å². The second kappa shape index (κ2) is 10.9. The van der Waals surface area contributed by atoms with Crippen LogP contribution in [0.1, 0.15) is 16.7 Å². The van der Waals surface area contributed by atoms with Crippen molar-refractivity contribution < 1.29 is 9.47 Å². The van der Waals surface area contributed by atoms with Gasteiger partial charge in [0.15, 0.2) is 0 Å². The van der Waals surface area contributed by atoms with Gasteiger partial charge in [-0.05, 0) is 53.1 Å². The van der Waals surface area contributed by atoms with E-state index in [1.165, 1.54) is 15.3 Å². The Labute approximate surface area is 207 Å². The van der Waals surface area contributed by atoms with Crippen molar-refractivity contribution in [1.82, 2.24) is 9.13 Å². The minimum absolute atomic E-state index is 0.106. The molecule has 0 aliphatic carbocycles. The van der Waals surface area contributed by atoms with Crippen molar-refractivity contribution in [2.24, 2.45) is 4.99 Å². The molecule has 0 bridgehead atoms. The first-order valence-electron chi connectivity index (χ1n) is 10.9. The molecule has 178 valence electrons. The number of aromatic nitrogens is 2. The zero-order valence-corrected chi connectivity index (χ0v) is 20.1. The molecule has 0 fully saturated rings. The van der Waals surface area contributed by atoms with E-state index in [1.807, 2.05) is 36.4 Å². The van der Waals surface area contributed by atoms with Crippen LogP contribution in [0.15, 0.2) is 93.6 Å². The zero-order chi connectivity index (χ0) is 24.8. The van der Waals surface area contributed by atoms with Crippen LogP contribution in [0.4, 0.5) is 5.69 Å². The molecule has 4 rings (SSSR count). The van der Waals surface area contributed by atoms with Crippen LogP contribution in [0.25, 0.3) is 0 Å². The van der Waals surface area contributed by atoms with Gasteiger partial charge in [0.05, 0.1) is 27.3 Å². The molecule has 0 spiro atoms. The molecule has 7 nitrogen and oxygen atoms in total. The van der Waals surface area contributed by atoms with E-state index in [2.05, 4.69) is 4.99 Å². The fourth-order valence-electron chi connectivity index (χ4n) is 3.51. The van der Waals surface area contributed by atoms with Crippen LogP contribution in [-0.2, 0) is 13.1 Å². The molecule has 0 aliphatic heterocycles. The highest BCUT2D eigenvalue weighted by Gasteiger charge is 2.12. The number of benzene rings is 3. The van der Waals surface area contributed by atoms with E-state index in [-0.39, 0.29) is 18.8 Å². The Morgan fingerprint density at radius 2 is 1.34 bits per heavy atom. The van der Waals surface area contributed by atoms with Gasteiger partial charge in [-0.2, -0.15) is 0 Å². The number of aliphatic imine (C=N–C) groups is 1. The smallest absolute Gasteiger partial charge is 0.331 e. The highest BCUT2D eigenvalue weighted by molar-refractivity contribution is 6.30. The molecule has 8 heteroatoms. The van der Waals surface area contributed by atoms with Crippen LogP contribution in [0, 0.1) is 0 Å². The first kappa shape index (κ1) is 24.0. The van der Waals surface area contributed by atoms with Crippen LogP contribution >= 0.6 is 11.6 Å². The van der Waals surface area contributed by atoms with Crippen LogP contribution in [0.2, 0.25) is 5.02 Å². The summed E-state index contributed by atoms with van der Waals surface area (Å²) in [5.74, 6) is 1.41. The van der Waals surface area contributed by atoms with Gasteiger partial charge < -0.3 is 9.47 Å². The summed E-state index contributed by atoms with van der Waals surface area (Å²) in [5, 5.41) is 0.608. The summed E-state index contributed by atoms with van der Waals surface area (Å²) >= 11 is 5.95. The monoisotopic (exact) mass is 489 g/mol. The number of rotatable bonds is 8. The molecule has 1 heterocycles. The van der Waals surface area contributed by atoms with Gasteiger partial charge in [0.2, 0.25) is 0 Å². The predicted octanol–water partition coefficient (Wildman–Crippen LogP) is 4.53. The summed E-state index contributed by atoms with van der Waals surface area (Å²) in [6.45, 7) is 0.379. The normalized spacial score (nSPS) is 11.1. The molecule has 0 saturated carbocycles. The molecule has 3 aromatic carbocycles. The van der Waals surface area contributed by atoms with Crippen molar-refractivity contribution in [3.05, 3.63) is 122 Å². The summed E-state index contributed by atoms with van der Waals surface area (Å²) in [5.41, 5.74) is 1.72. The van der Waals surface area contributed by atoms with E-state index in [0.717, 1.165) is 22.4 Å². The number of halogens is 1. The van der Waals surface area contributed by atoms with Crippen molar-refractivity contribution in [3.63, 3.8) is 0 Å². The Kier molecular flexibility index (Phi) is 7.48. The van der Waals surface area contributed by atoms with Crippen molar-refractivity contribution in [2.75, 3.05) is 14.2 Å². The third-order valence-electron chi connectivity index (χ3n) is 5.45. The Bertz CT molecular complexity index is 1440. The average molecular weight is 490 g/mol. The second-order valence-corrected chi connectivity index (χ2v) is 8.26. The van der Waals surface area contributed by atoms with E-state index >= 15 is 0 Å². The summed E-state index contributed by atoms with van der Waals surface area (Å²) in [6, 6.07) is 21.7. The Balaban J connectivity index is 1.75. The quantitative estimate of drug-likeness (QED) is 0.341. The van der Waals surface area contributed by atoms with E-state index in [1.54, 1.807) is 56.8 Å². The largest absolute Gasteiger partial charge is 0.497 e. The molecule has 4 aromatic rings. The lowest BCUT2D eigenvalue weighted by atomic mass is 10.2. The lowest BCUT2D eigenvalue weighted by Gasteiger charge is -2.12. The van der Waals surface area contributed by atoms with E-state index in [0.29, 0.717) is 10.8 Å². The molecule has 0 N–H and O–H groups in total. The first-order chi connectivity index (χ1) is 17.0. The highest BCUT2D eigenvalue weighted by atomic mass is 35.5. The molecular weight excluding hydrogens is 466 g/mol. The van der Waals surface area contributed by atoms with Gasteiger partial charge in [0.1, 0.15) is 17.2 Å². The number of nitrogens with zero attached hydrogens (tertiary/aromatic N) is 3. The maximum Gasteiger partial charge on any atom is 0.331 e. The molecular formula is C27H24ClN3O4. The van der Waals surface area contributed by atoms with Gasteiger partial charge in [-0.15, -0.1) is 0 Å². The average Bonchev–Trinajstić information content (AvgIpc) is 2.89. The van der Waals surface area contributed by atoms with Crippen molar-refractivity contribution in [2.45, 2.75) is 13.1 Å². The molecule has 0 amide bonds. The van der Waals surface area contributed by atoms with Gasteiger partial charge in [-0.3, -0.25) is 13.9 Å². The minimum Gasteiger partial charge on any atom is -0.497 e. The van der Waals surface area contributed by atoms with E-state index in [4.69, 9.17) is 21.1 Å². The number of ether oxygens (including phenoxy) is 2. The first-order valence-corrected chi connectivity index (χ1v) is 11.2. The molecule has 0 aliphatic rings. The van der Waals surface area contributed by atoms with E-state index in [9.17, 15) is 9.59 Å². The zero-order valence-electron chi connectivity index (χ0n) is 19.3. The standard InChI is InChI=1S/C27H24ClN3O4/c1-34-23-11-5-20(6-12-23)16-30-18-25(29-15-19-3-9-22(28)10-4-19)26(32)31(27(30)33)17-21-7-13-24(35-2)14-8-21/h3-15,18H,16-17H2,1-2H3. The third kappa shape index (κ3) is 5.88. The summed E-state index contributed by atoms with van der Waals surface area (Å²) in [7, 11) is 3.18.